The van der Waals surface area contributed by atoms with E-state index in [-0.39, 0.29) is 5.91 Å². The summed E-state index contributed by atoms with van der Waals surface area (Å²) in [5.74, 6) is 6.40. The fraction of sp³-hybridized carbons (Fsp3) is 0.609. The molecular weight excluding hydrogens is 368 g/mol. The third-order valence-electron chi connectivity index (χ3n) is 3.42. The summed E-state index contributed by atoms with van der Waals surface area (Å²) >= 11 is 0. The molecule has 1 aromatic carbocycles. The van der Waals surface area contributed by atoms with Gasteiger partial charge in [0, 0.05) is 30.1 Å². The molecule has 0 saturated heterocycles. The van der Waals surface area contributed by atoms with E-state index in [9.17, 15) is 4.79 Å². The van der Waals surface area contributed by atoms with E-state index >= 15 is 0 Å². The van der Waals surface area contributed by atoms with E-state index < -0.39 is 0 Å². The molecule has 0 radical (unpaired) electrons. The molecule has 0 unspecified atom stereocenters. The molecule has 29 heavy (non-hydrogen) atoms. The summed E-state index contributed by atoms with van der Waals surface area (Å²) in [5.41, 5.74) is 1.53. The van der Waals surface area contributed by atoms with Crippen molar-refractivity contribution in [2.45, 2.75) is 27.7 Å². The molecule has 1 rings (SSSR count). The molecule has 0 aliphatic rings. The molecule has 6 nitrogen and oxygen atoms in total. The van der Waals surface area contributed by atoms with Gasteiger partial charge in [0.15, 0.2) is 0 Å². The maximum Gasteiger partial charge on any atom is 0.251 e. The molecule has 2 N–H and O–H groups in total. The molecule has 0 aliphatic carbocycles. The van der Waals surface area contributed by atoms with Gasteiger partial charge in [-0.1, -0.05) is 39.5 Å². The number of hydrogen-bond donors (Lipinski definition) is 2. The van der Waals surface area contributed by atoms with Crippen molar-refractivity contribution < 1.29 is 19.0 Å². The van der Waals surface area contributed by atoms with Gasteiger partial charge in [0.1, 0.15) is 0 Å². The van der Waals surface area contributed by atoms with Crippen molar-refractivity contribution in [3.8, 4) is 11.8 Å². The van der Waals surface area contributed by atoms with Gasteiger partial charge >= 0.3 is 0 Å². The molecule has 0 saturated carbocycles. The van der Waals surface area contributed by atoms with Crippen molar-refractivity contribution in [2.75, 3.05) is 59.8 Å². The highest BCUT2D eigenvalue weighted by Crippen LogP contribution is 2.03. The second-order valence-corrected chi connectivity index (χ2v) is 6.20. The molecule has 0 spiro atoms. The molecular formula is C23H38N2O4. The highest BCUT2D eigenvalue weighted by atomic mass is 16.5. The van der Waals surface area contributed by atoms with E-state index in [2.05, 4.69) is 22.5 Å². The summed E-state index contributed by atoms with van der Waals surface area (Å²) in [6.07, 6.45) is 0. The summed E-state index contributed by atoms with van der Waals surface area (Å²) in [5, 5.41) is 5.84. The molecule has 164 valence electrons. The first-order chi connectivity index (χ1) is 14.1. The molecule has 0 heterocycles. The summed E-state index contributed by atoms with van der Waals surface area (Å²) in [6.45, 7) is 12.7. The van der Waals surface area contributed by atoms with Crippen LogP contribution in [0, 0.1) is 17.8 Å². The fourth-order valence-corrected chi connectivity index (χ4v) is 1.99. The van der Waals surface area contributed by atoms with Crippen LogP contribution >= 0.6 is 0 Å². The molecule has 1 aromatic rings. The van der Waals surface area contributed by atoms with Crippen LogP contribution in [0.25, 0.3) is 0 Å². The van der Waals surface area contributed by atoms with Gasteiger partial charge in [-0.2, -0.15) is 0 Å². The topological polar surface area (TPSA) is 68.8 Å². The predicted molar refractivity (Wildman–Crippen MR) is 118 cm³/mol. The highest BCUT2D eigenvalue weighted by molar-refractivity contribution is 5.94. The van der Waals surface area contributed by atoms with Crippen LogP contribution in [-0.4, -0.2) is 65.7 Å². The Labute approximate surface area is 176 Å². The minimum atomic E-state index is -0.114. The van der Waals surface area contributed by atoms with Crippen LogP contribution in [0.5, 0.6) is 0 Å². The zero-order valence-electron chi connectivity index (χ0n) is 18.7. The number of likely N-dealkylation sites (N-methyl/N-ethyl adjacent to an activating group) is 1. The van der Waals surface area contributed by atoms with Crippen LogP contribution in [0.3, 0.4) is 0 Å². The van der Waals surface area contributed by atoms with Gasteiger partial charge in [-0.3, -0.25) is 4.79 Å². The molecule has 1 amide bonds. The van der Waals surface area contributed by atoms with Crippen molar-refractivity contribution in [2.24, 2.45) is 5.92 Å². The van der Waals surface area contributed by atoms with Gasteiger partial charge < -0.3 is 24.8 Å². The number of rotatable bonds is 13. The Morgan fingerprint density at radius 2 is 1.41 bits per heavy atom. The van der Waals surface area contributed by atoms with Crippen LogP contribution in [0.2, 0.25) is 0 Å². The van der Waals surface area contributed by atoms with Gasteiger partial charge in [-0.15, -0.1) is 0 Å². The summed E-state index contributed by atoms with van der Waals surface area (Å²) in [7, 11) is 1.89. The van der Waals surface area contributed by atoms with Crippen LogP contribution in [-0.2, 0) is 14.2 Å². The first-order valence-electron chi connectivity index (χ1n) is 10.4. The Morgan fingerprint density at radius 1 is 0.897 bits per heavy atom. The van der Waals surface area contributed by atoms with Gasteiger partial charge in [0.05, 0.1) is 39.6 Å². The molecule has 6 heteroatoms. The lowest BCUT2D eigenvalue weighted by molar-refractivity contribution is 0.0159. The van der Waals surface area contributed by atoms with E-state index in [1.54, 1.807) is 12.1 Å². The first-order valence-corrected chi connectivity index (χ1v) is 10.4. The minimum Gasteiger partial charge on any atom is -0.378 e. The Balaban J connectivity index is 0.00000379. The lowest BCUT2D eigenvalue weighted by atomic mass is 10.1. The SMILES string of the molecule is CC.CNCCOCCOCCOCCNC(=O)c1ccc(C#CC(C)C)cc1. The highest BCUT2D eigenvalue weighted by Gasteiger charge is 2.04. The van der Waals surface area contributed by atoms with Gasteiger partial charge in [0.2, 0.25) is 0 Å². The molecule has 0 bridgehead atoms. The zero-order valence-corrected chi connectivity index (χ0v) is 18.7. The van der Waals surface area contributed by atoms with Crippen molar-refractivity contribution >= 4 is 5.91 Å². The lowest BCUT2D eigenvalue weighted by Gasteiger charge is -2.08. The maximum atomic E-state index is 12.1. The lowest BCUT2D eigenvalue weighted by Crippen LogP contribution is -2.27. The average Bonchev–Trinajstić information content (AvgIpc) is 2.74. The number of carbonyl (C=O) groups excluding carboxylic acids is 1. The third-order valence-corrected chi connectivity index (χ3v) is 3.42. The Bertz CT molecular complexity index is 577. The number of amides is 1. The van der Waals surface area contributed by atoms with Crippen molar-refractivity contribution in [3.63, 3.8) is 0 Å². The Hall–Kier alpha value is -1.91. The predicted octanol–water partition coefficient (Wildman–Crippen LogP) is 2.72. The van der Waals surface area contributed by atoms with E-state index in [0.29, 0.717) is 57.7 Å². The summed E-state index contributed by atoms with van der Waals surface area (Å²) in [4.78, 5) is 12.1. The summed E-state index contributed by atoms with van der Waals surface area (Å²) in [6, 6.07) is 7.29. The van der Waals surface area contributed by atoms with Crippen molar-refractivity contribution in [1.29, 1.82) is 0 Å². The Kier molecular flexibility index (Phi) is 18.1. The van der Waals surface area contributed by atoms with E-state index in [1.165, 1.54) is 0 Å². The zero-order chi connectivity index (χ0) is 21.7. The normalized spacial score (nSPS) is 10.0. The van der Waals surface area contributed by atoms with E-state index in [0.717, 1.165) is 12.1 Å². The molecule has 0 atom stereocenters. The van der Waals surface area contributed by atoms with Crippen LogP contribution in [0.15, 0.2) is 24.3 Å². The largest absolute Gasteiger partial charge is 0.378 e. The quantitative estimate of drug-likeness (QED) is 0.389. The third kappa shape index (κ3) is 15.7. The maximum absolute atomic E-state index is 12.1. The molecule has 0 fully saturated rings. The van der Waals surface area contributed by atoms with Gasteiger partial charge in [-0.05, 0) is 31.3 Å². The van der Waals surface area contributed by atoms with Crippen LogP contribution in [0.1, 0.15) is 43.6 Å². The average molecular weight is 407 g/mol. The summed E-state index contributed by atoms with van der Waals surface area (Å²) < 4.78 is 16.2. The second kappa shape index (κ2) is 19.4. The molecule has 0 aromatic heterocycles. The van der Waals surface area contributed by atoms with Crippen LogP contribution in [0.4, 0.5) is 0 Å². The Morgan fingerprint density at radius 3 is 1.93 bits per heavy atom. The van der Waals surface area contributed by atoms with E-state index in [1.807, 2.05) is 46.9 Å². The number of nitrogens with one attached hydrogen (secondary N) is 2. The van der Waals surface area contributed by atoms with Gasteiger partial charge in [-0.25, -0.2) is 0 Å². The first kappa shape index (κ1) is 27.1. The van der Waals surface area contributed by atoms with Crippen molar-refractivity contribution in [1.82, 2.24) is 10.6 Å². The fourth-order valence-electron chi connectivity index (χ4n) is 1.99. The number of hydrogen-bond acceptors (Lipinski definition) is 5. The van der Waals surface area contributed by atoms with Crippen molar-refractivity contribution in [3.05, 3.63) is 35.4 Å². The number of ether oxygens (including phenoxy) is 3. The smallest absolute Gasteiger partial charge is 0.251 e. The monoisotopic (exact) mass is 406 g/mol. The minimum absolute atomic E-state index is 0.114. The van der Waals surface area contributed by atoms with Gasteiger partial charge in [0.25, 0.3) is 5.91 Å². The number of benzene rings is 1. The van der Waals surface area contributed by atoms with Crippen LogP contribution < -0.4 is 10.6 Å². The van der Waals surface area contributed by atoms with E-state index in [4.69, 9.17) is 14.2 Å². The second-order valence-electron chi connectivity index (χ2n) is 6.20. The standard InChI is InChI=1S/C21H32N2O4.C2H6/c1-18(2)4-5-19-6-8-20(9-7-19)21(24)23-11-13-26-15-17-27-16-14-25-12-10-22-3;1-2/h6-9,18,22H,10-17H2,1-3H3,(H,23,24);1-2H3. The molecule has 0 aliphatic heterocycles. The number of carbonyl (C=O) groups is 1.